The maximum absolute atomic E-state index is 11.8. The molecule has 0 aliphatic rings. The Bertz CT molecular complexity index is 830. The fraction of sp³-hybridized carbons (Fsp3) is 0.333. The summed E-state index contributed by atoms with van der Waals surface area (Å²) in [6.07, 6.45) is 2.02. The smallest absolute Gasteiger partial charge is 0.307 e. The third-order valence-electron chi connectivity index (χ3n) is 4.31. The number of hydrogen-bond acceptors (Lipinski definition) is 4. The van der Waals surface area contributed by atoms with E-state index in [-0.39, 0.29) is 10.8 Å². The highest BCUT2D eigenvalue weighted by molar-refractivity contribution is 7.86. The highest BCUT2D eigenvalue weighted by Crippen LogP contribution is 2.32. The van der Waals surface area contributed by atoms with Crippen molar-refractivity contribution in [3.63, 3.8) is 0 Å². The molecule has 0 fully saturated rings. The van der Waals surface area contributed by atoms with Crippen LogP contribution in [-0.2, 0) is 14.4 Å². The molecule has 2 aromatic rings. The Morgan fingerprint density at radius 3 is 2.28 bits per heavy atom. The first-order valence-electron chi connectivity index (χ1n) is 8.11. The first kappa shape index (κ1) is 18.8. The summed E-state index contributed by atoms with van der Waals surface area (Å²) >= 11 is 0. The summed E-state index contributed by atoms with van der Waals surface area (Å²) in [5.74, 6) is 0.730. The van der Waals surface area contributed by atoms with Gasteiger partial charge in [-0.1, -0.05) is 56.3 Å². The highest BCUT2D eigenvalue weighted by atomic mass is 32.2. The second-order valence-electron chi connectivity index (χ2n) is 5.92. The van der Waals surface area contributed by atoms with Gasteiger partial charge in [0, 0.05) is 4.91 Å². The van der Waals surface area contributed by atoms with Gasteiger partial charge in [-0.25, -0.2) is 0 Å². The molecule has 0 aromatic heterocycles. The summed E-state index contributed by atoms with van der Waals surface area (Å²) < 4.78 is 27.8. The van der Waals surface area contributed by atoms with Gasteiger partial charge in [-0.2, -0.15) is 8.42 Å². The van der Waals surface area contributed by atoms with E-state index in [1.54, 1.807) is 12.1 Å². The quantitative estimate of drug-likeness (QED) is 0.277. The van der Waals surface area contributed by atoms with Crippen molar-refractivity contribution in [1.82, 2.24) is 0 Å². The number of benzene rings is 2. The summed E-state index contributed by atoms with van der Waals surface area (Å²) in [4.78, 5) is 2.25. The molecule has 0 heterocycles. The monoisotopic (exact) mass is 359 g/mol. The predicted octanol–water partition coefficient (Wildman–Crippen LogP) is 5.30. The van der Waals surface area contributed by atoms with Crippen molar-refractivity contribution in [2.75, 3.05) is 0 Å². The zero-order chi connectivity index (χ0) is 18.3. The van der Waals surface area contributed by atoms with E-state index in [9.17, 15) is 8.42 Å². The normalized spacial score (nSPS) is 13.5. The van der Waals surface area contributed by atoms with Crippen LogP contribution in [0.3, 0.4) is 0 Å². The molecular formula is C18H21N3O3S. The van der Waals surface area contributed by atoms with Gasteiger partial charge >= 0.3 is 10.1 Å². The molecule has 0 bridgehead atoms. The van der Waals surface area contributed by atoms with Crippen molar-refractivity contribution < 1.29 is 12.7 Å². The molecule has 0 radical (unpaired) electrons. The molecule has 0 saturated heterocycles. The molecule has 2 rings (SSSR count). The van der Waals surface area contributed by atoms with Crippen molar-refractivity contribution in [1.29, 1.82) is 0 Å². The second kappa shape index (κ2) is 8.55. The first-order chi connectivity index (χ1) is 12.0. The topological polar surface area (TPSA) is 92.1 Å². The molecule has 6 nitrogen and oxygen atoms in total. The Hall–Kier alpha value is -2.50. The minimum Gasteiger partial charge on any atom is -0.307 e. The largest absolute Gasteiger partial charge is 0.345 e. The van der Waals surface area contributed by atoms with E-state index in [2.05, 4.69) is 40.5 Å². The lowest BCUT2D eigenvalue weighted by Gasteiger charge is -2.20. The minimum atomic E-state index is -4.06. The third-order valence-corrected chi connectivity index (χ3v) is 5.42. The first-order valence-corrected chi connectivity index (χ1v) is 9.51. The van der Waals surface area contributed by atoms with Gasteiger partial charge in [0.25, 0.3) is 0 Å². The molecule has 25 heavy (non-hydrogen) atoms. The molecule has 0 aliphatic heterocycles. The molecule has 2 unspecified atom stereocenters. The number of azide groups is 1. The van der Waals surface area contributed by atoms with Crippen molar-refractivity contribution in [2.24, 2.45) is 5.28 Å². The lowest BCUT2D eigenvalue weighted by atomic mass is 9.85. The van der Waals surface area contributed by atoms with Crippen LogP contribution >= 0.6 is 0 Å². The van der Waals surface area contributed by atoms with Crippen molar-refractivity contribution >= 4 is 10.1 Å². The van der Waals surface area contributed by atoms with Gasteiger partial charge in [0.2, 0.25) is 0 Å². The Balaban J connectivity index is 2.12. The van der Waals surface area contributed by atoms with E-state index in [1.165, 1.54) is 17.7 Å². The van der Waals surface area contributed by atoms with E-state index >= 15 is 0 Å². The molecule has 2 atom stereocenters. The van der Waals surface area contributed by atoms with E-state index in [1.807, 2.05) is 18.2 Å². The zero-order valence-corrected chi connectivity index (χ0v) is 15.1. The zero-order valence-electron chi connectivity index (χ0n) is 14.2. The Kier molecular flexibility index (Phi) is 6.44. The molecule has 0 aliphatic carbocycles. The molecule has 132 valence electrons. The van der Waals surface area contributed by atoms with E-state index in [4.69, 9.17) is 5.53 Å². The lowest BCUT2D eigenvalue weighted by Crippen LogP contribution is -2.05. The van der Waals surface area contributed by atoms with Crippen LogP contribution in [0.15, 0.2) is 64.8 Å². The van der Waals surface area contributed by atoms with Crippen LogP contribution in [0.25, 0.3) is 10.4 Å². The standard InChI is InChI=1S/C18H21N3O3S/c1-3-15(17-7-5-4-6-8-17)13-14(2)16-9-11-18(12-10-16)25(22,23)24-21-20-19/h4-12,14-15H,3,13H2,1-2H3. The average molecular weight is 359 g/mol. The van der Waals surface area contributed by atoms with E-state index < -0.39 is 10.1 Å². The highest BCUT2D eigenvalue weighted by Gasteiger charge is 2.18. The summed E-state index contributed by atoms with van der Waals surface area (Å²) in [6.45, 7) is 4.30. The van der Waals surface area contributed by atoms with E-state index in [0.29, 0.717) is 5.92 Å². The van der Waals surface area contributed by atoms with Crippen LogP contribution in [0.4, 0.5) is 0 Å². The van der Waals surface area contributed by atoms with Gasteiger partial charge in [0.05, 0.1) is 0 Å². The van der Waals surface area contributed by atoms with Gasteiger partial charge in [0.15, 0.2) is 0 Å². The molecule has 2 aromatic carbocycles. The summed E-state index contributed by atoms with van der Waals surface area (Å²) in [6, 6.07) is 16.9. The maximum atomic E-state index is 11.8. The van der Waals surface area contributed by atoms with Gasteiger partial charge < -0.3 is 4.28 Å². The predicted molar refractivity (Wildman–Crippen MR) is 96.4 cm³/mol. The Morgan fingerprint density at radius 1 is 1.08 bits per heavy atom. The van der Waals surface area contributed by atoms with Crippen molar-refractivity contribution in [3.05, 3.63) is 76.2 Å². The van der Waals surface area contributed by atoms with Crippen LogP contribution in [-0.4, -0.2) is 8.42 Å². The Morgan fingerprint density at radius 2 is 1.72 bits per heavy atom. The number of hydrogen-bond donors (Lipinski definition) is 0. The van der Waals surface area contributed by atoms with Gasteiger partial charge in [0.1, 0.15) is 10.2 Å². The minimum absolute atomic E-state index is 0.0362. The summed E-state index contributed by atoms with van der Waals surface area (Å²) in [5, 5.41) is 2.65. The third kappa shape index (κ3) is 4.98. The lowest BCUT2D eigenvalue weighted by molar-refractivity contribution is 0.331. The van der Waals surface area contributed by atoms with Crippen LogP contribution in [0.2, 0.25) is 0 Å². The maximum Gasteiger partial charge on any atom is 0.345 e. The molecule has 0 amide bonds. The molecule has 0 saturated carbocycles. The fourth-order valence-corrected chi connectivity index (χ4v) is 3.56. The molecule has 0 spiro atoms. The van der Waals surface area contributed by atoms with Gasteiger partial charge in [-0.05, 0) is 53.5 Å². The van der Waals surface area contributed by atoms with Crippen molar-refractivity contribution in [2.45, 2.75) is 43.4 Å². The number of nitrogens with zero attached hydrogens (tertiary/aromatic N) is 3. The molecule has 7 heteroatoms. The Labute approximate surface area is 148 Å². The van der Waals surface area contributed by atoms with Crippen LogP contribution in [0.1, 0.15) is 49.7 Å². The SMILES string of the molecule is CCC(CC(C)c1ccc(S(=O)(=O)ON=[N+]=[N-])cc1)c1ccccc1. The second-order valence-corrected chi connectivity index (χ2v) is 7.45. The molecular weight excluding hydrogens is 338 g/mol. The molecule has 0 N–H and O–H groups in total. The van der Waals surface area contributed by atoms with Gasteiger partial charge in [-0.15, -0.1) is 0 Å². The van der Waals surface area contributed by atoms with Crippen LogP contribution < -0.4 is 0 Å². The van der Waals surface area contributed by atoms with Crippen molar-refractivity contribution in [3.8, 4) is 0 Å². The average Bonchev–Trinajstić information content (AvgIpc) is 2.65. The fourth-order valence-electron chi connectivity index (χ4n) is 2.89. The summed E-state index contributed by atoms with van der Waals surface area (Å²) in [5.41, 5.74) is 10.5. The number of rotatable bonds is 8. The van der Waals surface area contributed by atoms with E-state index in [0.717, 1.165) is 18.4 Å². The summed E-state index contributed by atoms with van der Waals surface area (Å²) in [7, 11) is -4.06. The van der Waals surface area contributed by atoms with Gasteiger partial charge in [-0.3, -0.25) is 0 Å². The van der Waals surface area contributed by atoms with Crippen LogP contribution in [0.5, 0.6) is 0 Å². The van der Waals surface area contributed by atoms with Crippen LogP contribution in [0, 0.1) is 0 Å².